The highest BCUT2D eigenvalue weighted by molar-refractivity contribution is 7.17. The van der Waals surface area contributed by atoms with Crippen molar-refractivity contribution in [3.63, 3.8) is 0 Å². The van der Waals surface area contributed by atoms with Gasteiger partial charge in [-0.2, -0.15) is 0 Å². The van der Waals surface area contributed by atoms with Gasteiger partial charge in [-0.3, -0.25) is 9.78 Å². The number of thiophene rings is 1. The molecule has 0 aliphatic rings. The van der Waals surface area contributed by atoms with Crippen LogP contribution in [0.2, 0.25) is 5.02 Å². The Bertz CT molecular complexity index is 844. The molecular weight excluding hydrogens is 352 g/mol. The first-order valence-corrected chi connectivity index (χ1v) is 9.29. The summed E-state index contributed by atoms with van der Waals surface area (Å²) in [6.07, 6.45) is 3.54. The second kappa shape index (κ2) is 7.81. The van der Waals surface area contributed by atoms with Crippen LogP contribution < -0.4 is 0 Å². The van der Waals surface area contributed by atoms with E-state index in [1.807, 2.05) is 67.3 Å². The largest absolute Gasteiger partial charge is 0.331 e. The van der Waals surface area contributed by atoms with Gasteiger partial charge in [-0.05, 0) is 55.3 Å². The first-order chi connectivity index (χ1) is 12.0. The molecule has 0 fully saturated rings. The van der Waals surface area contributed by atoms with E-state index in [0.29, 0.717) is 11.6 Å². The van der Waals surface area contributed by atoms with Crippen LogP contribution in [0.5, 0.6) is 0 Å². The van der Waals surface area contributed by atoms with E-state index in [0.717, 1.165) is 20.9 Å². The first-order valence-electron chi connectivity index (χ1n) is 8.10. The van der Waals surface area contributed by atoms with Crippen LogP contribution in [0.3, 0.4) is 0 Å². The number of pyridine rings is 1. The third kappa shape index (κ3) is 4.27. The van der Waals surface area contributed by atoms with Gasteiger partial charge in [-0.25, -0.2) is 0 Å². The second-order valence-corrected chi connectivity index (χ2v) is 7.58. The molecule has 1 amide bonds. The van der Waals surface area contributed by atoms with Crippen molar-refractivity contribution in [3.8, 4) is 10.4 Å². The first kappa shape index (κ1) is 17.6. The van der Waals surface area contributed by atoms with E-state index in [4.69, 9.17) is 11.6 Å². The Labute approximate surface area is 156 Å². The van der Waals surface area contributed by atoms with E-state index in [1.165, 1.54) is 11.3 Å². The predicted molar refractivity (Wildman–Crippen MR) is 104 cm³/mol. The fraction of sp³-hybridized carbons (Fsp3) is 0.200. The number of halogens is 1. The predicted octanol–water partition coefficient (Wildman–Crippen LogP) is 5.51. The number of benzene rings is 1. The molecule has 25 heavy (non-hydrogen) atoms. The average Bonchev–Trinajstić information content (AvgIpc) is 3.10. The molecule has 3 rings (SSSR count). The van der Waals surface area contributed by atoms with Crippen molar-refractivity contribution in [2.45, 2.75) is 26.4 Å². The lowest BCUT2D eigenvalue weighted by Gasteiger charge is -2.26. The molecule has 0 bridgehead atoms. The molecule has 5 heteroatoms. The van der Waals surface area contributed by atoms with Gasteiger partial charge in [0.2, 0.25) is 0 Å². The lowest BCUT2D eigenvalue weighted by atomic mass is 10.2. The molecule has 1 aromatic carbocycles. The average molecular weight is 371 g/mol. The van der Waals surface area contributed by atoms with Crippen molar-refractivity contribution in [1.82, 2.24) is 9.88 Å². The smallest absolute Gasteiger partial charge is 0.264 e. The van der Waals surface area contributed by atoms with Crippen LogP contribution in [0.15, 0.2) is 60.9 Å². The summed E-state index contributed by atoms with van der Waals surface area (Å²) in [5.74, 6) is 0.0454. The maximum absolute atomic E-state index is 13.0. The van der Waals surface area contributed by atoms with Crippen molar-refractivity contribution >= 4 is 28.8 Å². The highest BCUT2D eigenvalue weighted by atomic mass is 35.5. The summed E-state index contributed by atoms with van der Waals surface area (Å²) >= 11 is 7.45. The van der Waals surface area contributed by atoms with Crippen molar-refractivity contribution in [2.24, 2.45) is 0 Å². The fourth-order valence-corrected chi connectivity index (χ4v) is 3.63. The summed E-state index contributed by atoms with van der Waals surface area (Å²) in [5.41, 5.74) is 2.09. The number of hydrogen-bond donors (Lipinski definition) is 0. The van der Waals surface area contributed by atoms with Gasteiger partial charge in [0.1, 0.15) is 0 Å². The number of rotatable bonds is 5. The van der Waals surface area contributed by atoms with Gasteiger partial charge in [0.25, 0.3) is 5.91 Å². The van der Waals surface area contributed by atoms with Gasteiger partial charge in [0, 0.05) is 34.9 Å². The Hall–Kier alpha value is -2.17. The molecule has 0 aliphatic heterocycles. The Morgan fingerprint density at radius 3 is 2.56 bits per heavy atom. The number of nitrogens with zero attached hydrogens (tertiary/aromatic N) is 2. The lowest BCUT2D eigenvalue weighted by Crippen LogP contribution is -2.36. The van der Waals surface area contributed by atoms with Gasteiger partial charge in [-0.15, -0.1) is 11.3 Å². The monoisotopic (exact) mass is 370 g/mol. The van der Waals surface area contributed by atoms with Gasteiger partial charge in [0.05, 0.1) is 4.88 Å². The third-order valence-corrected chi connectivity index (χ3v) is 5.28. The van der Waals surface area contributed by atoms with Gasteiger partial charge in [0.15, 0.2) is 0 Å². The van der Waals surface area contributed by atoms with Crippen molar-refractivity contribution in [2.75, 3.05) is 0 Å². The molecule has 0 radical (unpaired) electrons. The summed E-state index contributed by atoms with van der Waals surface area (Å²) in [5, 5.41) is 0.707. The molecule has 0 N–H and O–H groups in total. The third-order valence-electron chi connectivity index (χ3n) is 3.91. The standard InChI is InChI=1S/C20H19ClN2OS/c1-14(2)23(13-15-4-3-11-22-12-15)20(24)19-10-9-18(25-19)16-5-7-17(21)8-6-16/h3-12,14H,13H2,1-2H3. The molecule has 2 aromatic heterocycles. The van der Waals surface area contributed by atoms with Crippen molar-refractivity contribution < 1.29 is 4.79 Å². The van der Waals surface area contributed by atoms with Crippen LogP contribution in [0.25, 0.3) is 10.4 Å². The molecule has 0 aliphatic carbocycles. The van der Waals surface area contributed by atoms with E-state index in [2.05, 4.69) is 4.98 Å². The van der Waals surface area contributed by atoms with Gasteiger partial charge in [-0.1, -0.05) is 29.8 Å². The SMILES string of the molecule is CC(C)N(Cc1cccnc1)C(=O)c1ccc(-c2ccc(Cl)cc2)s1. The lowest BCUT2D eigenvalue weighted by molar-refractivity contribution is 0.0695. The van der Waals surface area contributed by atoms with Crippen molar-refractivity contribution in [3.05, 3.63) is 76.4 Å². The fourth-order valence-electron chi connectivity index (χ4n) is 2.54. The number of carbonyl (C=O) groups is 1. The summed E-state index contributed by atoms with van der Waals surface area (Å²) in [6, 6.07) is 15.5. The van der Waals surface area contributed by atoms with E-state index < -0.39 is 0 Å². The van der Waals surface area contributed by atoms with Crippen LogP contribution in [-0.2, 0) is 6.54 Å². The summed E-state index contributed by atoms with van der Waals surface area (Å²) in [6.45, 7) is 4.61. The molecule has 3 nitrogen and oxygen atoms in total. The summed E-state index contributed by atoms with van der Waals surface area (Å²) in [4.78, 5) is 20.8. The Morgan fingerprint density at radius 2 is 1.92 bits per heavy atom. The molecule has 3 aromatic rings. The quantitative estimate of drug-likeness (QED) is 0.592. The van der Waals surface area contributed by atoms with Crippen LogP contribution >= 0.6 is 22.9 Å². The zero-order chi connectivity index (χ0) is 17.8. The van der Waals surface area contributed by atoms with E-state index in [1.54, 1.807) is 12.4 Å². The zero-order valence-electron chi connectivity index (χ0n) is 14.1. The molecule has 0 spiro atoms. The highest BCUT2D eigenvalue weighted by Gasteiger charge is 2.21. The van der Waals surface area contributed by atoms with Crippen molar-refractivity contribution in [1.29, 1.82) is 0 Å². The molecule has 0 atom stereocenters. The van der Waals surface area contributed by atoms with Crippen LogP contribution in [0, 0.1) is 0 Å². The topological polar surface area (TPSA) is 33.2 Å². The normalized spacial score (nSPS) is 10.9. The minimum absolute atomic E-state index is 0.0454. The maximum atomic E-state index is 13.0. The number of carbonyl (C=O) groups excluding carboxylic acids is 1. The Morgan fingerprint density at radius 1 is 1.16 bits per heavy atom. The van der Waals surface area contributed by atoms with E-state index in [-0.39, 0.29) is 11.9 Å². The number of aromatic nitrogens is 1. The molecule has 0 unspecified atom stereocenters. The van der Waals surface area contributed by atoms with Crippen LogP contribution in [-0.4, -0.2) is 21.8 Å². The molecule has 0 saturated carbocycles. The number of hydrogen-bond acceptors (Lipinski definition) is 3. The minimum atomic E-state index is 0.0454. The van der Waals surface area contributed by atoms with E-state index in [9.17, 15) is 4.79 Å². The summed E-state index contributed by atoms with van der Waals surface area (Å²) in [7, 11) is 0. The summed E-state index contributed by atoms with van der Waals surface area (Å²) < 4.78 is 0. The number of amides is 1. The minimum Gasteiger partial charge on any atom is -0.331 e. The Balaban J connectivity index is 1.82. The molecule has 2 heterocycles. The second-order valence-electron chi connectivity index (χ2n) is 6.06. The van der Waals surface area contributed by atoms with Crippen LogP contribution in [0.4, 0.5) is 0 Å². The molecule has 128 valence electrons. The maximum Gasteiger partial charge on any atom is 0.264 e. The Kier molecular flexibility index (Phi) is 5.51. The molecular formula is C20H19ClN2OS. The van der Waals surface area contributed by atoms with Crippen LogP contribution in [0.1, 0.15) is 29.1 Å². The zero-order valence-corrected chi connectivity index (χ0v) is 15.7. The van der Waals surface area contributed by atoms with Gasteiger partial charge < -0.3 is 4.90 Å². The molecule has 0 saturated heterocycles. The van der Waals surface area contributed by atoms with Gasteiger partial charge >= 0.3 is 0 Å². The highest BCUT2D eigenvalue weighted by Crippen LogP contribution is 2.30. The van der Waals surface area contributed by atoms with E-state index >= 15 is 0 Å².